The first-order valence-electron chi connectivity index (χ1n) is 9.11. The standard InChI is InChI=1S/C20H25NO3S2/c1-2-12-21(23)20(22)14-24-16-8-6-15(7-9-16)17-10-11-19(26-17)18-5-3-4-13-25-18/h6-11,18,23H,2-5,12-14H2,1H3/t18-/m0/s1. The van der Waals surface area contributed by atoms with E-state index in [0.29, 0.717) is 29.0 Å². The maximum atomic E-state index is 11.7. The van der Waals surface area contributed by atoms with Crippen molar-refractivity contribution in [3.05, 3.63) is 41.3 Å². The molecule has 1 aromatic carbocycles. The van der Waals surface area contributed by atoms with Crippen LogP contribution < -0.4 is 4.74 Å². The van der Waals surface area contributed by atoms with Gasteiger partial charge in [0, 0.05) is 21.5 Å². The molecule has 0 radical (unpaired) electrons. The molecule has 1 aliphatic rings. The van der Waals surface area contributed by atoms with Crippen molar-refractivity contribution in [3.63, 3.8) is 0 Å². The first-order valence-corrected chi connectivity index (χ1v) is 11.0. The largest absolute Gasteiger partial charge is 0.484 e. The van der Waals surface area contributed by atoms with Crippen LogP contribution in [0.3, 0.4) is 0 Å². The number of amides is 1. The molecule has 0 spiro atoms. The number of hydroxylamine groups is 2. The van der Waals surface area contributed by atoms with Crippen molar-refractivity contribution < 1.29 is 14.7 Å². The molecule has 2 aromatic rings. The Morgan fingerprint density at radius 3 is 2.73 bits per heavy atom. The SMILES string of the molecule is CCCN(O)C(=O)COc1ccc(-c2ccc([C@@H]3CCCCS3)s2)cc1. The molecule has 1 aliphatic heterocycles. The lowest BCUT2D eigenvalue weighted by molar-refractivity contribution is -0.167. The van der Waals surface area contributed by atoms with Crippen LogP contribution in [0.5, 0.6) is 5.75 Å². The van der Waals surface area contributed by atoms with Crippen LogP contribution in [-0.2, 0) is 4.79 Å². The normalized spacial score (nSPS) is 17.1. The van der Waals surface area contributed by atoms with Gasteiger partial charge in [0.1, 0.15) is 5.75 Å². The highest BCUT2D eigenvalue weighted by Crippen LogP contribution is 2.43. The van der Waals surface area contributed by atoms with Gasteiger partial charge in [-0.1, -0.05) is 13.3 Å². The number of hydrogen-bond acceptors (Lipinski definition) is 5. The molecule has 140 valence electrons. The van der Waals surface area contributed by atoms with Gasteiger partial charge in [0.2, 0.25) is 0 Å². The fourth-order valence-electron chi connectivity index (χ4n) is 2.92. The monoisotopic (exact) mass is 391 g/mol. The van der Waals surface area contributed by atoms with Crippen LogP contribution in [0, 0.1) is 0 Å². The average Bonchev–Trinajstić information content (AvgIpc) is 3.17. The Labute approximate surface area is 163 Å². The summed E-state index contributed by atoms with van der Waals surface area (Å²) >= 11 is 3.95. The van der Waals surface area contributed by atoms with Crippen LogP contribution in [0.4, 0.5) is 0 Å². The number of thiophene rings is 1. The summed E-state index contributed by atoms with van der Waals surface area (Å²) in [6, 6.07) is 12.2. The molecule has 1 saturated heterocycles. The Morgan fingerprint density at radius 2 is 2.04 bits per heavy atom. The quantitative estimate of drug-likeness (QED) is 0.508. The minimum Gasteiger partial charge on any atom is -0.484 e. The summed E-state index contributed by atoms with van der Waals surface area (Å²) in [7, 11) is 0. The average molecular weight is 392 g/mol. The van der Waals surface area contributed by atoms with Crippen molar-refractivity contribution in [2.24, 2.45) is 0 Å². The van der Waals surface area contributed by atoms with E-state index in [1.807, 2.05) is 42.5 Å². The molecule has 1 amide bonds. The molecule has 1 aromatic heterocycles. The van der Waals surface area contributed by atoms with Gasteiger partial charge in [0.25, 0.3) is 5.91 Å². The van der Waals surface area contributed by atoms with Crippen LogP contribution in [0.1, 0.15) is 42.7 Å². The number of ether oxygens (including phenoxy) is 1. The van der Waals surface area contributed by atoms with Crippen LogP contribution in [-0.4, -0.2) is 35.1 Å². The molecule has 1 atom stereocenters. The van der Waals surface area contributed by atoms with E-state index in [2.05, 4.69) is 23.9 Å². The van der Waals surface area contributed by atoms with E-state index in [4.69, 9.17) is 4.74 Å². The van der Waals surface area contributed by atoms with Crippen molar-refractivity contribution in [1.82, 2.24) is 5.06 Å². The zero-order valence-electron chi connectivity index (χ0n) is 15.0. The second-order valence-electron chi connectivity index (χ2n) is 6.39. The van der Waals surface area contributed by atoms with Gasteiger partial charge in [-0.25, -0.2) is 5.06 Å². The first kappa shape index (κ1) is 19.3. The Morgan fingerprint density at radius 1 is 1.23 bits per heavy atom. The van der Waals surface area contributed by atoms with Crippen LogP contribution in [0.25, 0.3) is 10.4 Å². The lowest BCUT2D eigenvalue weighted by Gasteiger charge is -2.19. The zero-order chi connectivity index (χ0) is 18.4. The third-order valence-electron chi connectivity index (χ3n) is 4.35. The van der Waals surface area contributed by atoms with Gasteiger partial charge in [-0.05, 0) is 67.0 Å². The third-order valence-corrected chi connectivity index (χ3v) is 7.16. The summed E-state index contributed by atoms with van der Waals surface area (Å²) in [5.41, 5.74) is 1.16. The molecule has 1 N–H and O–H groups in total. The van der Waals surface area contributed by atoms with E-state index in [0.717, 1.165) is 5.56 Å². The highest BCUT2D eigenvalue weighted by molar-refractivity contribution is 7.99. The minimum atomic E-state index is -0.427. The van der Waals surface area contributed by atoms with E-state index < -0.39 is 5.91 Å². The Balaban J connectivity index is 1.57. The molecule has 3 rings (SSSR count). The Hall–Kier alpha value is -1.50. The number of rotatable bonds is 7. The van der Waals surface area contributed by atoms with Gasteiger partial charge in [0.05, 0.1) is 0 Å². The Bertz CT molecular complexity index is 708. The molecule has 0 bridgehead atoms. The number of carbonyl (C=O) groups is 1. The molecular weight excluding hydrogens is 366 g/mol. The van der Waals surface area contributed by atoms with Crippen molar-refractivity contribution in [1.29, 1.82) is 0 Å². The van der Waals surface area contributed by atoms with E-state index in [9.17, 15) is 10.0 Å². The summed E-state index contributed by atoms with van der Waals surface area (Å²) in [4.78, 5) is 14.4. The molecule has 0 unspecified atom stereocenters. The van der Waals surface area contributed by atoms with E-state index >= 15 is 0 Å². The number of hydrogen-bond donors (Lipinski definition) is 1. The first-order chi connectivity index (χ1) is 12.7. The summed E-state index contributed by atoms with van der Waals surface area (Å²) in [5.74, 6) is 1.47. The van der Waals surface area contributed by atoms with Crippen molar-refractivity contribution in [2.45, 2.75) is 37.9 Å². The zero-order valence-corrected chi connectivity index (χ0v) is 16.7. The number of thioether (sulfide) groups is 1. The summed E-state index contributed by atoms with van der Waals surface area (Å²) in [5, 5.41) is 10.9. The molecule has 0 aliphatic carbocycles. The van der Waals surface area contributed by atoms with Gasteiger partial charge in [-0.15, -0.1) is 11.3 Å². The predicted molar refractivity (Wildman–Crippen MR) is 108 cm³/mol. The minimum absolute atomic E-state index is 0.155. The third kappa shape index (κ3) is 5.02. The molecule has 26 heavy (non-hydrogen) atoms. The second-order valence-corrected chi connectivity index (χ2v) is 8.81. The predicted octanol–water partition coefficient (Wildman–Crippen LogP) is 5.38. The Kier molecular flexibility index (Phi) is 7.00. The second kappa shape index (κ2) is 9.44. The molecule has 4 nitrogen and oxygen atoms in total. The van der Waals surface area contributed by atoms with Crippen molar-refractivity contribution in [3.8, 4) is 16.2 Å². The molecule has 2 heterocycles. The number of carbonyl (C=O) groups excluding carboxylic acids is 1. The maximum Gasteiger partial charge on any atom is 0.283 e. The highest BCUT2D eigenvalue weighted by Gasteiger charge is 2.18. The molecule has 6 heteroatoms. The van der Waals surface area contributed by atoms with E-state index in [1.54, 1.807) is 0 Å². The van der Waals surface area contributed by atoms with Crippen LogP contribution in [0.15, 0.2) is 36.4 Å². The topological polar surface area (TPSA) is 49.8 Å². The van der Waals surface area contributed by atoms with Gasteiger partial charge in [-0.2, -0.15) is 11.8 Å². The summed E-state index contributed by atoms with van der Waals surface area (Å²) < 4.78 is 5.48. The highest BCUT2D eigenvalue weighted by atomic mass is 32.2. The van der Waals surface area contributed by atoms with Crippen LogP contribution in [0.2, 0.25) is 0 Å². The van der Waals surface area contributed by atoms with Crippen molar-refractivity contribution in [2.75, 3.05) is 18.9 Å². The fourth-order valence-corrected chi connectivity index (χ4v) is 5.53. The lowest BCUT2D eigenvalue weighted by atomic mass is 10.1. The lowest BCUT2D eigenvalue weighted by Crippen LogP contribution is -2.32. The molecule has 1 fully saturated rings. The summed E-state index contributed by atoms with van der Waals surface area (Å²) in [6.45, 7) is 2.07. The van der Waals surface area contributed by atoms with Gasteiger partial charge in [-0.3, -0.25) is 10.0 Å². The molecule has 0 saturated carbocycles. The van der Waals surface area contributed by atoms with Gasteiger partial charge in [0.15, 0.2) is 6.61 Å². The molecular formula is C20H25NO3S2. The van der Waals surface area contributed by atoms with Crippen LogP contribution >= 0.6 is 23.1 Å². The van der Waals surface area contributed by atoms with E-state index in [-0.39, 0.29) is 6.61 Å². The number of benzene rings is 1. The van der Waals surface area contributed by atoms with Gasteiger partial charge >= 0.3 is 0 Å². The summed E-state index contributed by atoms with van der Waals surface area (Å²) in [6.07, 6.45) is 4.67. The smallest absolute Gasteiger partial charge is 0.283 e. The van der Waals surface area contributed by atoms with Gasteiger partial charge < -0.3 is 4.74 Å². The van der Waals surface area contributed by atoms with E-state index in [1.165, 1.54) is 34.8 Å². The number of nitrogens with zero attached hydrogens (tertiary/aromatic N) is 1. The maximum absolute atomic E-state index is 11.7. The fraction of sp³-hybridized carbons (Fsp3) is 0.450. The van der Waals surface area contributed by atoms with Crippen molar-refractivity contribution >= 4 is 29.0 Å².